The average Bonchev–Trinajstić information content (AvgIpc) is 2.68. The zero-order valence-corrected chi connectivity index (χ0v) is 18.4. The summed E-state index contributed by atoms with van der Waals surface area (Å²) in [6.07, 6.45) is 5.01. The maximum absolute atomic E-state index is 9.97. The van der Waals surface area contributed by atoms with Gasteiger partial charge in [-0.25, -0.2) is 0 Å². The molecule has 0 heterocycles. The molecule has 7 heteroatoms. The van der Waals surface area contributed by atoms with Crippen LogP contribution >= 0.6 is 0 Å². The van der Waals surface area contributed by atoms with Gasteiger partial charge in [0.2, 0.25) is 0 Å². The molecule has 7 nitrogen and oxygen atoms in total. The van der Waals surface area contributed by atoms with Crippen LogP contribution in [0.3, 0.4) is 0 Å². The van der Waals surface area contributed by atoms with Gasteiger partial charge in [0.05, 0.1) is 0 Å². The smallest absolute Gasteiger partial charge is 0.155 e. The van der Waals surface area contributed by atoms with E-state index in [1.807, 2.05) is 0 Å². The Morgan fingerprint density at radius 3 is 1.11 bits per heavy atom. The highest BCUT2D eigenvalue weighted by molar-refractivity contribution is 4.62. The number of hydrogen-bond acceptors (Lipinski definition) is 7. The minimum Gasteiger partial charge on any atom is -0.368 e. The van der Waals surface area contributed by atoms with E-state index in [1.54, 1.807) is 0 Å². The molecule has 0 radical (unpaired) electrons. The van der Waals surface area contributed by atoms with Crippen LogP contribution < -0.4 is 0 Å². The van der Waals surface area contributed by atoms with E-state index in [9.17, 15) is 15.3 Å². The molecule has 0 spiro atoms. The molecular formula is C21H45NO6. The third-order valence-electron chi connectivity index (χ3n) is 4.50. The van der Waals surface area contributed by atoms with Crippen molar-refractivity contribution in [2.45, 2.75) is 97.4 Å². The highest BCUT2D eigenvalue weighted by atomic mass is 16.6. The standard InChI is InChI=1S/C21H45NO6/c1-4-7-16-26-19(23)10-13-22(14-11-20(24)27-17-8-5-2)15-12-21(25)28-18-9-6-3/h19-21,23-25H,4-18H2,1-3H3. The zero-order chi connectivity index (χ0) is 21.0. The molecule has 0 aliphatic carbocycles. The average molecular weight is 408 g/mol. The first-order valence-electron chi connectivity index (χ1n) is 11.1. The lowest BCUT2D eigenvalue weighted by atomic mass is 10.2. The van der Waals surface area contributed by atoms with Crippen molar-refractivity contribution in [2.24, 2.45) is 0 Å². The van der Waals surface area contributed by atoms with Crippen LogP contribution in [0.1, 0.15) is 78.6 Å². The van der Waals surface area contributed by atoms with Gasteiger partial charge in [-0.1, -0.05) is 40.0 Å². The number of ether oxygens (including phenoxy) is 3. The lowest BCUT2D eigenvalue weighted by Crippen LogP contribution is -2.34. The van der Waals surface area contributed by atoms with E-state index in [2.05, 4.69) is 25.7 Å². The van der Waals surface area contributed by atoms with Crippen LogP contribution in [-0.2, 0) is 14.2 Å². The molecule has 0 aromatic carbocycles. The molecular weight excluding hydrogens is 362 g/mol. The van der Waals surface area contributed by atoms with E-state index in [0.29, 0.717) is 58.7 Å². The summed E-state index contributed by atoms with van der Waals surface area (Å²) in [5.74, 6) is 0. The molecule has 0 aliphatic heterocycles. The first-order chi connectivity index (χ1) is 13.5. The summed E-state index contributed by atoms with van der Waals surface area (Å²) in [5.41, 5.74) is 0. The van der Waals surface area contributed by atoms with Crippen molar-refractivity contribution >= 4 is 0 Å². The number of nitrogens with zero attached hydrogens (tertiary/aromatic N) is 1. The fraction of sp³-hybridized carbons (Fsp3) is 1.00. The topological polar surface area (TPSA) is 91.6 Å². The van der Waals surface area contributed by atoms with Gasteiger partial charge in [-0.15, -0.1) is 0 Å². The van der Waals surface area contributed by atoms with Crippen LogP contribution in [0.15, 0.2) is 0 Å². The van der Waals surface area contributed by atoms with Crippen LogP contribution in [0.4, 0.5) is 0 Å². The van der Waals surface area contributed by atoms with Gasteiger partial charge in [0.15, 0.2) is 18.9 Å². The normalized spacial score (nSPS) is 15.1. The van der Waals surface area contributed by atoms with Gasteiger partial charge >= 0.3 is 0 Å². The van der Waals surface area contributed by atoms with Gasteiger partial charge in [0.25, 0.3) is 0 Å². The third-order valence-corrected chi connectivity index (χ3v) is 4.50. The number of aliphatic hydroxyl groups is 3. The molecule has 0 aromatic rings. The Labute approximate surface area is 172 Å². The highest BCUT2D eigenvalue weighted by Crippen LogP contribution is 2.07. The SMILES string of the molecule is CCCCOC(O)CCN(CCC(O)OCCCC)CCC(O)OCCCC. The minimum atomic E-state index is -0.787. The van der Waals surface area contributed by atoms with E-state index in [-0.39, 0.29) is 0 Å². The summed E-state index contributed by atoms with van der Waals surface area (Å²) in [6.45, 7) is 9.80. The molecule has 0 bridgehead atoms. The van der Waals surface area contributed by atoms with E-state index in [0.717, 1.165) is 38.5 Å². The van der Waals surface area contributed by atoms with Crippen LogP contribution in [0.2, 0.25) is 0 Å². The molecule has 0 aliphatic rings. The number of rotatable bonds is 21. The van der Waals surface area contributed by atoms with Crippen LogP contribution in [-0.4, -0.2) is 78.5 Å². The van der Waals surface area contributed by atoms with E-state index >= 15 is 0 Å². The van der Waals surface area contributed by atoms with Crippen molar-refractivity contribution in [3.05, 3.63) is 0 Å². The van der Waals surface area contributed by atoms with E-state index in [1.165, 1.54) is 0 Å². The quantitative estimate of drug-likeness (QED) is 0.199. The monoisotopic (exact) mass is 407 g/mol. The Morgan fingerprint density at radius 1 is 0.571 bits per heavy atom. The van der Waals surface area contributed by atoms with Crippen molar-refractivity contribution in [1.82, 2.24) is 4.90 Å². The molecule has 0 rings (SSSR count). The molecule has 0 amide bonds. The third kappa shape index (κ3) is 17.8. The maximum Gasteiger partial charge on any atom is 0.155 e. The number of aliphatic hydroxyl groups excluding tert-OH is 3. The first-order valence-corrected chi connectivity index (χ1v) is 11.1. The van der Waals surface area contributed by atoms with Gasteiger partial charge < -0.3 is 34.4 Å². The van der Waals surface area contributed by atoms with Gasteiger partial charge in [-0.05, 0) is 19.3 Å². The zero-order valence-electron chi connectivity index (χ0n) is 18.4. The Bertz CT molecular complexity index is 274. The van der Waals surface area contributed by atoms with Gasteiger partial charge in [-0.3, -0.25) is 0 Å². The van der Waals surface area contributed by atoms with Crippen molar-refractivity contribution < 1.29 is 29.5 Å². The Balaban J connectivity index is 4.27. The second-order valence-electron chi connectivity index (χ2n) is 7.24. The second-order valence-corrected chi connectivity index (χ2v) is 7.24. The van der Waals surface area contributed by atoms with Crippen molar-refractivity contribution in [2.75, 3.05) is 39.5 Å². The Hall–Kier alpha value is -0.280. The molecule has 3 unspecified atom stereocenters. The lowest BCUT2D eigenvalue weighted by molar-refractivity contribution is -0.119. The molecule has 0 saturated heterocycles. The number of hydrogen-bond donors (Lipinski definition) is 3. The summed E-state index contributed by atoms with van der Waals surface area (Å²) in [4.78, 5) is 2.10. The minimum absolute atomic E-state index is 0.489. The summed E-state index contributed by atoms with van der Waals surface area (Å²) < 4.78 is 16.2. The Kier molecular flexibility index (Phi) is 19.8. The molecule has 0 aromatic heterocycles. The second kappa shape index (κ2) is 20.0. The summed E-state index contributed by atoms with van der Waals surface area (Å²) in [6, 6.07) is 0. The van der Waals surface area contributed by atoms with E-state index in [4.69, 9.17) is 14.2 Å². The van der Waals surface area contributed by atoms with Gasteiger partial charge in [0, 0.05) is 58.7 Å². The lowest BCUT2D eigenvalue weighted by Gasteiger charge is -2.26. The van der Waals surface area contributed by atoms with Gasteiger partial charge in [-0.2, -0.15) is 0 Å². The Morgan fingerprint density at radius 2 is 0.857 bits per heavy atom. The molecule has 28 heavy (non-hydrogen) atoms. The number of unbranched alkanes of at least 4 members (excludes halogenated alkanes) is 3. The van der Waals surface area contributed by atoms with Crippen LogP contribution in [0.25, 0.3) is 0 Å². The summed E-state index contributed by atoms with van der Waals surface area (Å²) in [5, 5.41) is 29.9. The fourth-order valence-electron chi connectivity index (χ4n) is 2.56. The highest BCUT2D eigenvalue weighted by Gasteiger charge is 2.14. The summed E-state index contributed by atoms with van der Waals surface area (Å²) >= 11 is 0. The van der Waals surface area contributed by atoms with Crippen LogP contribution in [0.5, 0.6) is 0 Å². The predicted octanol–water partition coefficient (Wildman–Crippen LogP) is 2.86. The molecule has 3 N–H and O–H groups in total. The van der Waals surface area contributed by atoms with E-state index < -0.39 is 18.9 Å². The first kappa shape index (κ1) is 27.7. The van der Waals surface area contributed by atoms with Crippen molar-refractivity contribution in [3.63, 3.8) is 0 Å². The molecule has 0 fully saturated rings. The predicted molar refractivity (Wildman–Crippen MR) is 111 cm³/mol. The van der Waals surface area contributed by atoms with Gasteiger partial charge in [0.1, 0.15) is 0 Å². The molecule has 0 saturated carbocycles. The van der Waals surface area contributed by atoms with Crippen molar-refractivity contribution in [1.29, 1.82) is 0 Å². The maximum atomic E-state index is 9.97. The summed E-state index contributed by atoms with van der Waals surface area (Å²) in [7, 11) is 0. The fourth-order valence-corrected chi connectivity index (χ4v) is 2.56. The van der Waals surface area contributed by atoms with Crippen LogP contribution in [0, 0.1) is 0 Å². The van der Waals surface area contributed by atoms with Crippen molar-refractivity contribution in [3.8, 4) is 0 Å². The molecule has 3 atom stereocenters. The largest absolute Gasteiger partial charge is 0.368 e. The molecule has 170 valence electrons.